The minimum Gasteiger partial charge on any atom is -0.349 e. The zero-order valence-electron chi connectivity index (χ0n) is 15.6. The number of aromatic nitrogens is 3. The van der Waals surface area contributed by atoms with Crippen molar-refractivity contribution in [2.45, 2.75) is 25.0 Å². The molecule has 2 aliphatic heterocycles. The third kappa shape index (κ3) is 3.02. The Balaban J connectivity index is 1.54. The van der Waals surface area contributed by atoms with Crippen molar-refractivity contribution in [2.75, 3.05) is 29.4 Å². The van der Waals surface area contributed by atoms with Gasteiger partial charge in [0.05, 0.1) is 12.2 Å². The summed E-state index contributed by atoms with van der Waals surface area (Å²) in [4.78, 5) is 20.1. The van der Waals surface area contributed by atoms with E-state index in [-0.39, 0.29) is 6.04 Å². The molecular weight excluding hydrogens is 378 g/mol. The van der Waals surface area contributed by atoms with Crippen molar-refractivity contribution in [3.05, 3.63) is 53.9 Å². The highest BCUT2D eigenvalue weighted by Crippen LogP contribution is 2.37. The Morgan fingerprint density at radius 3 is 2.93 bits per heavy atom. The van der Waals surface area contributed by atoms with Gasteiger partial charge in [-0.15, -0.1) is 0 Å². The highest BCUT2D eigenvalue weighted by Gasteiger charge is 2.31. The molecule has 2 aromatic heterocycles. The van der Waals surface area contributed by atoms with E-state index < -0.39 is 17.8 Å². The molecule has 2 saturated heterocycles. The highest BCUT2D eigenvalue weighted by atomic mass is 19.1. The van der Waals surface area contributed by atoms with Crippen LogP contribution in [0.5, 0.6) is 0 Å². The van der Waals surface area contributed by atoms with Gasteiger partial charge in [-0.3, -0.25) is 10.1 Å². The Hall–Kier alpha value is -3.07. The van der Waals surface area contributed by atoms with E-state index in [9.17, 15) is 13.6 Å². The fourth-order valence-electron chi connectivity index (χ4n) is 4.32. The minimum atomic E-state index is -0.448. The quantitative estimate of drug-likeness (QED) is 0.681. The maximum atomic E-state index is 14.4. The van der Waals surface area contributed by atoms with Gasteiger partial charge in [0.15, 0.2) is 11.9 Å². The second kappa shape index (κ2) is 7.07. The van der Waals surface area contributed by atoms with Crippen molar-refractivity contribution in [1.29, 1.82) is 0 Å². The first-order valence-electron chi connectivity index (χ1n) is 9.67. The molecule has 3 aromatic rings. The van der Waals surface area contributed by atoms with Crippen molar-refractivity contribution in [2.24, 2.45) is 0 Å². The number of rotatable bonds is 4. The standard InChI is InChI=1S/C20H20F2N6O/c21-13-3-4-15(22)14(10-13)16-2-1-7-26(16)18-5-8-28-20(25-18)17(11-24-28)27-9-6-23-19(27)12-29/h3-5,8,10-12,16,19,23H,1-2,6-7,9H2. The molecule has 0 saturated carbocycles. The van der Waals surface area contributed by atoms with Gasteiger partial charge in [0.2, 0.25) is 0 Å². The van der Waals surface area contributed by atoms with Crippen LogP contribution in [0.25, 0.3) is 5.65 Å². The van der Waals surface area contributed by atoms with E-state index in [1.807, 2.05) is 15.9 Å². The van der Waals surface area contributed by atoms with Crippen LogP contribution in [-0.2, 0) is 4.79 Å². The molecule has 2 aliphatic rings. The maximum absolute atomic E-state index is 14.4. The van der Waals surface area contributed by atoms with Crippen LogP contribution in [-0.4, -0.2) is 46.7 Å². The summed E-state index contributed by atoms with van der Waals surface area (Å²) in [6, 6.07) is 5.13. The van der Waals surface area contributed by atoms with Crippen molar-refractivity contribution in [3.8, 4) is 0 Å². The van der Waals surface area contributed by atoms with E-state index in [2.05, 4.69) is 10.4 Å². The van der Waals surface area contributed by atoms with E-state index in [4.69, 9.17) is 4.98 Å². The van der Waals surface area contributed by atoms with Gasteiger partial charge in [-0.2, -0.15) is 5.10 Å². The average Bonchev–Trinajstić information content (AvgIpc) is 3.47. The summed E-state index contributed by atoms with van der Waals surface area (Å²) in [6.45, 7) is 2.08. The predicted octanol–water partition coefficient (Wildman–Crippen LogP) is 2.28. The average molecular weight is 398 g/mol. The lowest BCUT2D eigenvalue weighted by Crippen LogP contribution is -2.37. The van der Waals surface area contributed by atoms with Gasteiger partial charge in [0.1, 0.15) is 29.3 Å². The molecule has 2 atom stereocenters. The van der Waals surface area contributed by atoms with Gasteiger partial charge in [-0.05, 0) is 37.1 Å². The Morgan fingerprint density at radius 2 is 2.07 bits per heavy atom. The molecule has 0 amide bonds. The van der Waals surface area contributed by atoms with Crippen LogP contribution < -0.4 is 15.1 Å². The molecule has 1 aromatic carbocycles. The summed E-state index contributed by atoms with van der Waals surface area (Å²) >= 11 is 0. The third-order valence-corrected chi connectivity index (χ3v) is 5.68. The van der Waals surface area contributed by atoms with Gasteiger partial charge in [0.25, 0.3) is 0 Å². The van der Waals surface area contributed by atoms with Crippen molar-refractivity contribution >= 4 is 23.4 Å². The van der Waals surface area contributed by atoms with Gasteiger partial charge in [-0.1, -0.05) is 0 Å². The second-order valence-corrected chi connectivity index (χ2v) is 7.33. The lowest BCUT2D eigenvalue weighted by molar-refractivity contribution is -0.109. The first-order valence-corrected chi connectivity index (χ1v) is 9.67. The first kappa shape index (κ1) is 18.0. The molecule has 9 heteroatoms. The third-order valence-electron chi connectivity index (χ3n) is 5.68. The lowest BCUT2D eigenvalue weighted by Gasteiger charge is -2.27. The Bertz CT molecular complexity index is 1070. The number of hydrogen-bond donors (Lipinski definition) is 1. The van der Waals surface area contributed by atoms with Gasteiger partial charge < -0.3 is 9.80 Å². The number of aldehydes is 1. The zero-order valence-corrected chi connectivity index (χ0v) is 15.6. The molecule has 1 N–H and O–H groups in total. The number of nitrogens with zero attached hydrogens (tertiary/aromatic N) is 5. The van der Waals surface area contributed by atoms with Crippen LogP contribution in [0.3, 0.4) is 0 Å². The SMILES string of the molecule is O=CC1NCCN1c1cnn2ccc(N3CCCC3c3cc(F)ccc3F)nc12. The van der Waals surface area contributed by atoms with Crippen molar-refractivity contribution < 1.29 is 13.6 Å². The fraction of sp³-hybridized carbons (Fsp3) is 0.350. The van der Waals surface area contributed by atoms with Gasteiger partial charge in [0, 0.05) is 31.4 Å². The summed E-state index contributed by atoms with van der Waals surface area (Å²) < 4.78 is 29.8. The summed E-state index contributed by atoms with van der Waals surface area (Å²) in [7, 11) is 0. The Kier molecular flexibility index (Phi) is 4.39. The maximum Gasteiger partial charge on any atom is 0.180 e. The summed E-state index contributed by atoms with van der Waals surface area (Å²) in [5, 5.41) is 7.47. The molecule has 0 spiro atoms. The van der Waals surface area contributed by atoms with Crippen molar-refractivity contribution in [3.63, 3.8) is 0 Å². The summed E-state index contributed by atoms with van der Waals surface area (Å²) in [6.07, 6.45) is 5.55. The highest BCUT2D eigenvalue weighted by molar-refractivity contribution is 5.75. The molecule has 0 radical (unpaired) electrons. The number of carbonyl (C=O) groups excluding carboxylic acids is 1. The first-order chi connectivity index (χ1) is 14.2. The smallest absolute Gasteiger partial charge is 0.180 e. The van der Waals surface area contributed by atoms with Crippen LogP contribution in [0.1, 0.15) is 24.4 Å². The number of halogens is 2. The van der Waals surface area contributed by atoms with E-state index in [1.165, 1.54) is 12.1 Å². The zero-order chi connectivity index (χ0) is 20.0. The molecular formula is C20H20F2N6O. The number of carbonyl (C=O) groups is 1. The van der Waals surface area contributed by atoms with E-state index >= 15 is 0 Å². The number of fused-ring (bicyclic) bond motifs is 1. The van der Waals surface area contributed by atoms with E-state index in [0.717, 1.165) is 30.9 Å². The van der Waals surface area contributed by atoms with E-state index in [1.54, 1.807) is 16.9 Å². The van der Waals surface area contributed by atoms with Crippen LogP contribution >= 0.6 is 0 Å². The lowest BCUT2D eigenvalue weighted by atomic mass is 10.0. The van der Waals surface area contributed by atoms with Gasteiger partial charge >= 0.3 is 0 Å². The van der Waals surface area contributed by atoms with Crippen molar-refractivity contribution in [1.82, 2.24) is 19.9 Å². The normalized spacial score (nSPS) is 22.0. The number of hydrogen-bond acceptors (Lipinski definition) is 6. The number of benzene rings is 1. The van der Waals surface area contributed by atoms with Crippen LogP contribution in [0.2, 0.25) is 0 Å². The molecule has 7 nitrogen and oxygen atoms in total. The molecule has 0 aliphatic carbocycles. The molecule has 5 rings (SSSR count). The molecule has 150 valence electrons. The van der Waals surface area contributed by atoms with Crippen LogP contribution in [0.15, 0.2) is 36.7 Å². The van der Waals surface area contributed by atoms with Crippen LogP contribution in [0.4, 0.5) is 20.3 Å². The minimum absolute atomic E-state index is 0.275. The number of anilines is 2. The molecule has 2 fully saturated rings. The van der Waals surface area contributed by atoms with E-state index in [0.29, 0.717) is 36.7 Å². The predicted molar refractivity (Wildman–Crippen MR) is 104 cm³/mol. The fourth-order valence-corrected chi connectivity index (χ4v) is 4.32. The molecule has 2 unspecified atom stereocenters. The topological polar surface area (TPSA) is 65.8 Å². The van der Waals surface area contributed by atoms with Crippen LogP contribution in [0, 0.1) is 11.6 Å². The molecule has 0 bridgehead atoms. The monoisotopic (exact) mass is 398 g/mol. The summed E-state index contributed by atoms with van der Waals surface area (Å²) in [5.74, 6) is -0.178. The largest absolute Gasteiger partial charge is 0.349 e. The Labute approximate surface area is 165 Å². The summed E-state index contributed by atoms with van der Waals surface area (Å²) in [5.41, 5.74) is 1.74. The molecule has 4 heterocycles. The molecule has 29 heavy (non-hydrogen) atoms. The van der Waals surface area contributed by atoms with Gasteiger partial charge in [-0.25, -0.2) is 18.3 Å². The Morgan fingerprint density at radius 1 is 1.17 bits per heavy atom. The number of nitrogens with one attached hydrogen (secondary N) is 1. The second-order valence-electron chi connectivity index (χ2n) is 7.33.